The first kappa shape index (κ1) is 13.3. The molecule has 0 spiro atoms. The van der Waals surface area contributed by atoms with Crippen molar-refractivity contribution in [1.29, 1.82) is 0 Å². The quantitative estimate of drug-likeness (QED) is 0.894. The predicted molar refractivity (Wildman–Crippen MR) is 74.6 cm³/mol. The van der Waals surface area contributed by atoms with Crippen LogP contribution < -0.4 is 5.32 Å². The molecule has 2 nitrogen and oxygen atoms in total. The van der Waals surface area contributed by atoms with Gasteiger partial charge in [0.15, 0.2) is 0 Å². The molecule has 1 N–H and O–H groups in total. The molecule has 0 aromatic heterocycles. The van der Waals surface area contributed by atoms with Gasteiger partial charge in [-0.05, 0) is 48.7 Å². The SMILES string of the molecule is Cc1cccc(NC(=O)Cc2ccc(F)cc2)c1C. The summed E-state index contributed by atoms with van der Waals surface area (Å²) in [5.74, 6) is -0.390. The van der Waals surface area contributed by atoms with Gasteiger partial charge in [0.25, 0.3) is 0 Å². The number of aryl methyl sites for hydroxylation is 1. The van der Waals surface area contributed by atoms with Gasteiger partial charge in [0.2, 0.25) is 5.91 Å². The molecule has 0 saturated heterocycles. The third-order valence-electron chi connectivity index (χ3n) is 3.16. The highest BCUT2D eigenvalue weighted by atomic mass is 19.1. The number of carbonyl (C=O) groups is 1. The number of hydrogen-bond donors (Lipinski definition) is 1. The zero-order chi connectivity index (χ0) is 13.8. The minimum atomic E-state index is -0.293. The average molecular weight is 257 g/mol. The monoisotopic (exact) mass is 257 g/mol. The number of rotatable bonds is 3. The van der Waals surface area contributed by atoms with E-state index in [-0.39, 0.29) is 18.1 Å². The van der Waals surface area contributed by atoms with Gasteiger partial charge in [-0.1, -0.05) is 24.3 Å². The van der Waals surface area contributed by atoms with E-state index in [0.29, 0.717) is 0 Å². The molecule has 2 rings (SSSR count). The second kappa shape index (κ2) is 5.65. The maximum atomic E-state index is 12.8. The van der Waals surface area contributed by atoms with Crippen LogP contribution in [0.2, 0.25) is 0 Å². The maximum absolute atomic E-state index is 12.8. The van der Waals surface area contributed by atoms with Crippen LogP contribution in [0.5, 0.6) is 0 Å². The molecule has 0 atom stereocenters. The van der Waals surface area contributed by atoms with Gasteiger partial charge in [-0.15, -0.1) is 0 Å². The zero-order valence-electron chi connectivity index (χ0n) is 11.0. The third kappa shape index (κ3) is 3.41. The summed E-state index contributed by atoms with van der Waals surface area (Å²) in [5.41, 5.74) is 3.82. The van der Waals surface area contributed by atoms with Crippen molar-refractivity contribution in [2.24, 2.45) is 0 Å². The van der Waals surface area contributed by atoms with E-state index in [1.165, 1.54) is 12.1 Å². The first-order chi connectivity index (χ1) is 9.06. The van der Waals surface area contributed by atoms with Gasteiger partial charge in [0.1, 0.15) is 5.82 Å². The fourth-order valence-electron chi connectivity index (χ4n) is 1.87. The average Bonchev–Trinajstić information content (AvgIpc) is 2.38. The van der Waals surface area contributed by atoms with E-state index in [1.807, 2.05) is 32.0 Å². The van der Waals surface area contributed by atoms with E-state index < -0.39 is 0 Å². The Morgan fingerprint density at radius 1 is 1.11 bits per heavy atom. The van der Waals surface area contributed by atoms with E-state index in [4.69, 9.17) is 0 Å². The molecule has 0 aliphatic rings. The van der Waals surface area contributed by atoms with Crippen LogP contribution in [-0.4, -0.2) is 5.91 Å². The van der Waals surface area contributed by atoms with E-state index in [0.717, 1.165) is 22.4 Å². The Labute approximate surface area is 112 Å². The third-order valence-corrected chi connectivity index (χ3v) is 3.16. The molecule has 0 radical (unpaired) electrons. The predicted octanol–water partition coefficient (Wildman–Crippen LogP) is 3.62. The van der Waals surface area contributed by atoms with Crippen LogP contribution in [0, 0.1) is 19.7 Å². The Hall–Kier alpha value is -2.16. The number of nitrogens with one attached hydrogen (secondary N) is 1. The molecule has 0 heterocycles. The Morgan fingerprint density at radius 3 is 2.47 bits per heavy atom. The van der Waals surface area contributed by atoms with Gasteiger partial charge in [-0.3, -0.25) is 4.79 Å². The summed E-state index contributed by atoms with van der Waals surface area (Å²) >= 11 is 0. The fourth-order valence-corrected chi connectivity index (χ4v) is 1.87. The Bertz CT molecular complexity index is 590. The maximum Gasteiger partial charge on any atom is 0.228 e. The summed E-state index contributed by atoms with van der Waals surface area (Å²) < 4.78 is 12.8. The fraction of sp³-hybridized carbons (Fsp3) is 0.188. The highest BCUT2D eigenvalue weighted by Gasteiger charge is 2.07. The summed E-state index contributed by atoms with van der Waals surface area (Å²) in [6.45, 7) is 3.98. The van der Waals surface area contributed by atoms with Crippen LogP contribution in [0.4, 0.5) is 10.1 Å². The lowest BCUT2D eigenvalue weighted by molar-refractivity contribution is -0.115. The number of halogens is 1. The Balaban J connectivity index is 2.05. The standard InChI is InChI=1S/C16H16FNO/c1-11-4-3-5-15(12(11)2)18-16(19)10-13-6-8-14(17)9-7-13/h3-9H,10H2,1-2H3,(H,18,19). The van der Waals surface area contributed by atoms with Crippen molar-refractivity contribution in [3.05, 3.63) is 65.0 Å². The normalized spacial score (nSPS) is 10.3. The molecule has 98 valence electrons. The summed E-state index contributed by atoms with van der Waals surface area (Å²) in [5, 5.41) is 2.88. The zero-order valence-corrected chi connectivity index (χ0v) is 11.0. The van der Waals surface area contributed by atoms with Crippen LogP contribution in [0.25, 0.3) is 0 Å². The van der Waals surface area contributed by atoms with Gasteiger partial charge in [0, 0.05) is 5.69 Å². The molecule has 0 bridgehead atoms. The summed E-state index contributed by atoms with van der Waals surface area (Å²) in [6.07, 6.45) is 0.244. The molecular formula is C16H16FNO. The number of hydrogen-bond acceptors (Lipinski definition) is 1. The molecule has 1 amide bonds. The Morgan fingerprint density at radius 2 is 1.79 bits per heavy atom. The van der Waals surface area contributed by atoms with Gasteiger partial charge in [-0.2, -0.15) is 0 Å². The van der Waals surface area contributed by atoms with Crippen LogP contribution in [-0.2, 0) is 11.2 Å². The largest absolute Gasteiger partial charge is 0.326 e. The lowest BCUT2D eigenvalue weighted by Crippen LogP contribution is -2.15. The summed E-state index contributed by atoms with van der Waals surface area (Å²) in [4.78, 5) is 11.9. The molecule has 0 fully saturated rings. The molecule has 2 aromatic carbocycles. The second-order valence-electron chi connectivity index (χ2n) is 4.60. The Kier molecular flexibility index (Phi) is 3.95. The van der Waals surface area contributed by atoms with Crippen LogP contribution in [0.1, 0.15) is 16.7 Å². The summed E-state index contributed by atoms with van der Waals surface area (Å²) in [6, 6.07) is 11.8. The van der Waals surface area contributed by atoms with E-state index in [1.54, 1.807) is 12.1 Å². The van der Waals surface area contributed by atoms with Crippen LogP contribution in [0.15, 0.2) is 42.5 Å². The van der Waals surface area contributed by atoms with Crippen molar-refractivity contribution in [3.8, 4) is 0 Å². The number of carbonyl (C=O) groups excluding carboxylic acids is 1. The highest BCUT2D eigenvalue weighted by molar-refractivity contribution is 5.93. The lowest BCUT2D eigenvalue weighted by atomic mass is 10.1. The number of amides is 1. The summed E-state index contributed by atoms with van der Waals surface area (Å²) in [7, 11) is 0. The molecule has 0 saturated carbocycles. The first-order valence-corrected chi connectivity index (χ1v) is 6.17. The van der Waals surface area contributed by atoms with E-state index >= 15 is 0 Å². The van der Waals surface area contributed by atoms with Crippen molar-refractivity contribution < 1.29 is 9.18 Å². The molecule has 0 unspecified atom stereocenters. The van der Waals surface area contributed by atoms with Crippen molar-refractivity contribution in [3.63, 3.8) is 0 Å². The number of anilines is 1. The highest BCUT2D eigenvalue weighted by Crippen LogP contribution is 2.18. The molecule has 3 heteroatoms. The molecule has 0 aliphatic carbocycles. The molecule has 0 aliphatic heterocycles. The lowest BCUT2D eigenvalue weighted by Gasteiger charge is -2.10. The van der Waals surface area contributed by atoms with Crippen molar-refractivity contribution in [1.82, 2.24) is 0 Å². The van der Waals surface area contributed by atoms with Gasteiger partial charge in [0.05, 0.1) is 6.42 Å². The minimum absolute atomic E-state index is 0.0969. The van der Waals surface area contributed by atoms with Gasteiger partial charge in [-0.25, -0.2) is 4.39 Å². The number of benzene rings is 2. The molecular weight excluding hydrogens is 241 g/mol. The van der Waals surface area contributed by atoms with E-state index in [9.17, 15) is 9.18 Å². The van der Waals surface area contributed by atoms with Gasteiger partial charge >= 0.3 is 0 Å². The molecule has 19 heavy (non-hydrogen) atoms. The van der Waals surface area contributed by atoms with Crippen LogP contribution in [0.3, 0.4) is 0 Å². The molecule has 2 aromatic rings. The first-order valence-electron chi connectivity index (χ1n) is 6.17. The minimum Gasteiger partial charge on any atom is -0.326 e. The van der Waals surface area contributed by atoms with Crippen LogP contribution >= 0.6 is 0 Å². The van der Waals surface area contributed by atoms with Crippen molar-refractivity contribution >= 4 is 11.6 Å². The van der Waals surface area contributed by atoms with Crippen molar-refractivity contribution in [2.45, 2.75) is 20.3 Å². The van der Waals surface area contributed by atoms with Gasteiger partial charge < -0.3 is 5.32 Å². The van der Waals surface area contributed by atoms with E-state index in [2.05, 4.69) is 5.32 Å². The topological polar surface area (TPSA) is 29.1 Å². The smallest absolute Gasteiger partial charge is 0.228 e. The van der Waals surface area contributed by atoms with Crippen molar-refractivity contribution in [2.75, 3.05) is 5.32 Å². The second-order valence-corrected chi connectivity index (χ2v) is 4.60.